The molecule has 1 atom stereocenters. The number of rotatable bonds is 5. The Hall–Kier alpha value is -1.58. The van der Waals surface area contributed by atoms with Gasteiger partial charge in [0.05, 0.1) is 23.5 Å². The molecular formula is C13H18N2O3S. The van der Waals surface area contributed by atoms with E-state index < -0.39 is 15.9 Å². The predicted octanol–water partition coefficient (Wildman–Crippen LogP) is 1.09. The van der Waals surface area contributed by atoms with Gasteiger partial charge in [-0.25, -0.2) is 8.42 Å². The Morgan fingerprint density at radius 3 is 2.58 bits per heavy atom. The molecule has 1 rings (SSSR count). The molecule has 19 heavy (non-hydrogen) atoms. The molecule has 0 saturated heterocycles. The van der Waals surface area contributed by atoms with Gasteiger partial charge in [0.2, 0.25) is 0 Å². The zero-order valence-electron chi connectivity index (χ0n) is 11.3. The van der Waals surface area contributed by atoms with Crippen LogP contribution in [0.25, 0.3) is 0 Å². The number of benzene rings is 1. The summed E-state index contributed by atoms with van der Waals surface area (Å²) in [6.07, 6.45) is 0.505. The van der Waals surface area contributed by atoms with Crippen molar-refractivity contribution in [2.75, 3.05) is 30.5 Å². The van der Waals surface area contributed by atoms with Gasteiger partial charge in [0, 0.05) is 31.1 Å². The van der Waals surface area contributed by atoms with Gasteiger partial charge < -0.3 is 10.0 Å². The fraction of sp³-hybridized carbons (Fsp3) is 0.462. The van der Waals surface area contributed by atoms with Crippen LogP contribution in [0.5, 0.6) is 0 Å². The van der Waals surface area contributed by atoms with Crippen molar-refractivity contribution in [3.63, 3.8) is 0 Å². The van der Waals surface area contributed by atoms with Crippen molar-refractivity contribution in [1.29, 1.82) is 5.26 Å². The van der Waals surface area contributed by atoms with Gasteiger partial charge in [-0.2, -0.15) is 5.26 Å². The van der Waals surface area contributed by atoms with Crippen molar-refractivity contribution in [2.24, 2.45) is 0 Å². The second-order valence-corrected chi connectivity index (χ2v) is 6.87. The van der Waals surface area contributed by atoms with Crippen molar-refractivity contribution in [3.05, 3.63) is 29.3 Å². The Bertz CT molecular complexity index is 588. The smallest absolute Gasteiger partial charge is 0.149 e. The van der Waals surface area contributed by atoms with Crippen LogP contribution in [-0.4, -0.2) is 39.1 Å². The third kappa shape index (κ3) is 4.54. The molecule has 0 saturated carbocycles. The molecule has 0 aromatic heterocycles. The average Bonchev–Trinajstić information content (AvgIpc) is 2.34. The Morgan fingerprint density at radius 1 is 1.47 bits per heavy atom. The maximum absolute atomic E-state index is 11.2. The second-order valence-electron chi connectivity index (χ2n) is 4.61. The van der Waals surface area contributed by atoms with E-state index in [9.17, 15) is 13.5 Å². The van der Waals surface area contributed by atoms with Gasteiger partial charge >= 0.3 is 0 Å². The van der Waals surface area contributed by atoms with E-state index in [4.69, 9.17) is 5.26 Å². The predicted molar refractivity (Wildman–Crippen MR) is 74.8 cm³/mol. The summed E-state index contributed by atoms with van der Waals surface area (Å²) in [7, 11) is -1.30. The monoisotopic (exact) mass is 282 g/mol. The summed E-state index contributed by atoms with van der Waals surface area (Å²) in [4.78, 5) is 1.74. The van der Waals surface area contributed by atoms with Gasteiger partial charge in [-0.05, 0) is 19.1 Å². The van der Waals surface area contributed by atoms with Crippen LogP contribution in [0.15, 0.2) is 18.2 Å². The standard InChI is InChI=1S/C13H18N2O3S/c1-10(16)12-5-4-11(9-14)8-13(12)15(2)6-7-19(3,17)18/h4-5,8,10,16H,6-7H2,1-3H3. The summed E-state index contributed by atoms with van der Waals surface area (Å²) in [5.41, 5.74) is 1.83. The third-order valence-electron chi connectivity index (χ3n) is 2.82. The van der Waals surface area contributed by atoms with Crippen molar-refractivity contribution in [1.82, 2.24) is 0 Å². The first-order valence-corrected chi connectivity index (χ1v) is 7.91. The molecule has 0 bridgehead atoms. The molecule has 0 radical (unpaired) electrons. The molecule has 0 spiro atoms. The van der Waals surface area contributed by atoms with Crippen LogP contribution >= 0.6 is 0 Å². The number of hydrogen-bond donors (Lipinski definition) is 1. The lowest BCUT2D eigenvalue weighted by molar-refractivity contribution is 0.199. The highest BCUT2D eigenvalue weighted by molar-refractivity contribution is 7.90. The first-order valence-electron chi connectivity index (χ1n) is 5.85. The molecule has 0 heterocycles. The van der Waals surface area contributed by atoms with Gasteiger partial charge in [0.15, 0.2) is 0 Å². The van der Waals surface area contributed by atoms with E-state index in [1.807, 2.05) is 6.07 Å². The number of nitrogens with zero attached hydrogens (tertiary/aromatic N) is 2. The van der Waals surface area contributed by atoms with Crippen molar-refractivity contribution in [3.8, 4) is 6.07 Å². The molecule has 1 aromatic rings. The molecule has 0 fully saturated rings. The van der Waals surface area contributed by atoms with Crippen LogP contribution in [0.1, 0.15) is 24.2 Å². The Balaban J connectivity index is 3.06. The summed E-state index contributed by atoms with van der Waals surface area (Å²) >= 11 is 0. The molecule has 1 unspecified atom stereocenters. The number of nitriles is 1. The number of anilines is 1. The largest absolute Gasteiger partial charge is 0.389 e. The number of sulfone groups is 1. The van der Waals surface area contributed by atoms with E-state index >= 15 is 0 Å². The van der Waals surface area contributed by atoms with Crippen LogP contribution in [0.4, 0.5) is 5.69 Å². The highest BCUT2D eigenvalue weighted by Gasteiger charge is 2.14. The SMILES string of the molecule is CC(O)c1ccc(C#N)cc1N(C)CCS(C)(=O)=O. The molecule has 0 aliphatic rings. The van der Waals surface area contributed by atoms with Crippen LogP contribution in [-0.2, 0) is 9.84 Å². The minimum absolute atomic E-state index is 0.0273. The second kappa shape index (κ2) is 6.04. The zero-order valence-corrected chi connectivity index (χ0v) is 12.1. The van der Waals surface area contributed by atoms with Crippen LogP contribution < -0.4 is 4.90 Å². The van der Waals surface area contributed by atoms with Crippen LogP contribution in [0.2, 0.25) is 0 Å². The van der Waals surface area contributed by atoms with Crippen LogP contribution in [0, 0.1) is 11.3 Å². The lowest BCUT2D eigenvalue weighted by Crippen LogP contribution is -2.26. The molecule has 0 amide bonds. The maximum atomic E-state index is 11.2. The van der Waals surface area contributed by atoms with Gasteiger partial charge in [-0.1, -0.05) is 6.07 Å². The van der Waals surface area contributed by atoms with E-state index in [2.05, 4.69) is 0 Å². The lowest BCUT2D eigenvalue weighted by atomic mass is 10.0. The quantitative estimate of drug-likeness (QED) is 0.874. The number of hydrogen-bond acceptors (Lipinski definition) is 5. The van der Waals surface area contributed by atoms with Crippen molar-refractivity contribution in [2.45, 2.75) is 13.0 Å². The van der Waals surface area contributed by atoms with Gasteiger partial charge in [-0.15, -0.1) is 0 Å². The van der Waals surface area contributed by atoms with Crippen molar-refractivity contribution < 1.29 is 13.5 Å². The average molecular weight is 282 g/mol. The van der Waals surface area contributed by atoms with E-state index in [0.717, 1.165) is 0 Å². The molecule has 1 aromatic carbocycles. The molecule has 0 aliphatic carbocycles. The zero-order chi connectivity index (χ0) is 14.6. The minimum Gasteiger partial charge on any atom is -0.389 e. The van der Waals surface area contributed by atoms with Gasteiger partial charge in [-0.3, -0.25) is 0 Å². The summed E-state index contributed by atoms with van der Waals surface area (Å²) in [6, 6.07) is 7.02. The molecule has 104 valence electrons. The maximum Gasteiger partial charge on any atom is 0.149 e. The Morgan fingerprint density at radius 2 is 2.11 bits per heavy atom. The topological polar surface area (TPSA) is 81.4 Å². The number of aliphatic hydroxyl groups is 1. The first kappa shape index (κ1) is 15.5. The molecular weight excluding hydrogens is 264 g/mol. The molecule has 0 aliphatic heterocycles. The summed E-state index contributed by atoms with van der Waals surface area (Å²) in [5.74, 6) is 0.0273. The highest BCUT2D eigenvalue weighted by atomic mass is 32.2. The van der Waals surface area contributed by atoms with E-state index in [1.165, 1.54) is 6.26 Å². The van der Waals surface area contributed by atoms with Crippen molar-refractivity contribution >= 4 is 15.5 Å². The highest BCUT2D eigenvalue weighted by Crippen LogP contribution is 2.26. The van der Waals surface area contributed by atoms with Crippen LogP contribution in [0.3, 0.4) is 0 Å². The first-order chi connectivity index (χ1) is 8.74. The molecule has 6 heteroatoms. The normalized spacial score (nSPS) is 12.8. The van der Waals surface area contributed by atoms with Gasteiger partial charge in [0.1, 0.15) is 9.84 Å². The fourth-order valence-corrected chi connectivity index (χ4v) is 2.33. The minimum atomic E-state index is -3.05. The lowest BCUT2D eigenvalue weighted by Gasteiger charge is -2.23. The Labute approximate surface area is 114 Å². The summed E-state index contributed by atoms with van der Waals surface area (Å²) in [5, 5.41) is 18.6. The summed E-state index contributed by atoms with van der Waals surface area (Å²) in [6.45, 7) is 1.95. The summed E-state index contributed by atoms with van der Waals surface area (Å²) < 4.78 is 22.4. The molecule has 5 nitrogen and oxygen atoms in total. The fourth-order valence-electron chi connectivity index (χ4n) is 1.72. The van der Waals surface area contributed by atoms with E-state index in [0.29, 0.717) is 23.4 Å². The van der Waals surface area contributed by atoms with E-state index in [1.54, 1.807) is 37.1 Å². The van der Waals surface area contributed by atoms with Gasteiger partial charge in [0.25, 0.3) is 0 Å². The number of aliphatic hydroxyl groups excluding tert-OH is 1. The molecule has 1 N–H and O–H groups in total. The van der Waals surface area contributed by atoms with E-state index in [-0.39, 0.29) is 5.75 Å². The third-order valence-corrected chi connectivity index (χ3v) is 3.74. The Kier molecular flexibility index (Phi) is 4.92.